The van der Waals surface area contributed by atoms with Crippen LogP contribution in [0.1, 0.15) is 39.2 Å². The highest BCUT2D eigenvalue weighted by Crippen LogP contribution is 2.52. The van der Waals surface area contributed by atoms with Gasteiger partial charge in [-0.2, -0.15) is 0 Å². The highest BCUT2D eigenvalue weighted by molar-refractivity contribution is 5.85. The second kappa shape index (κ2) is 5.63. The molecule has 128 valence electrons. The minimum atomic E-state index is -2.77. The predicted octanol–water partition coefficient (Wildman–Crippen LogP) is 3.63. The van der Waals surface area contributed by atoms with Crippen LogP contribution in [-0.2, 0) is 10.3 Å². The normalized spacial score (nSPS) is 18.7. The summed E-state index contributed by atoms with van der Waals surface area (Å²) < 4.78 is 36.9. The molecule has 0 heterocycles. The summed E-state index contributed by atoms with van der Waals surface area (Å²) in [6, 6.07) is 4.75. The third-order valence-electron chi connectivity index (χ3n) is 3.53. The number of methoxy groups -OCH3 is 1. The zero-order valence-corrected chi connectivity index (χ0v) is 13.7. The Morgan fingerprint density at radius 3 is 2.39 bits per heavy atom. The molecule has 0 aliphatic heterocycles. The van der Waals surface area contributed by atoms with Gasteiger partial charge in [0, 0.05) is 24.1 Å². The van der Waals surface area contributed by atoms with Crippen molar-refractivity contribution in [1.29, 1.82) is 0 Å². The fourth-order valence-corrected chi connectivity index (χ4v) is 2.66. The Balaban J connectivity index is 2.21. The number of hydrogen-bond acceptors (Lipinski definition) is 4. The van der Waals surface area contributed by atoms with E-state index in [2.05, 4.69) is 5.32 Å². The van der Waals surface area contributed by atoms with Crippen LogP contribution in [0, 0.1) is 0 Å². The Hall–Kier alpha value is -1.89. The van der Waals surface area contributed by atoms with Gasteiger partial charge in [-0.1, -0.05) is 0 Å². The van der Waals surface area contributed by atoms with Crippen LogP contribution in [0.25, 0.3) is 0 Å². The monoisotopic (exact) mass is 328 g/mol. The number of anilines is 1. The maximum atomic E-state index is 13.2. The van der Waals surface area contributed by atoms with Gasteiger partial charge in [0.05, 0.1) is 12.6 Å². The van der Waals surface area contributed by atoms with Crippen molar-refractivity contribution in [3.8, 4) is 5.75 Å². The fraction of sp³-hybridized carbons (Fsp3) is 0.562. The third-order valence-corrected chi connectivity index (χ3v) is 3.53. The van der Waals surface area contributed by atoms with Crippen molar-refractivity contribution in [3.63, 3.8) is 0 Å². The van der Waals surface area contributed by atoms with Crippen molar-refractivity contribution < 1.29 is 23.0 Å². The molecule has 23 heavy (non-hydrogen) atoms. The molecule has 1 amide bonds. The lowest BCUT2D eigenvalue weighted by Crippen LogP contribution is -2.55. The first-order chi connectivity index (χ1) is 10.4. The Kier molecular flexibility index (Phi) is 4.28. The number of halogens is 2. The van der Waals surface area contributed by atoms with Crippen molar-refractivity contribution in [2.45, 2.75) is 50.7 Å². The summed E-state index contributed by atoms with van der Waals surface area (Å²) in [5.74, 6) is -2.35. The smallest absolute Gasteiger partial charge is 0.412 e. The summed E-state index contributed by atoms with van der Waals surface area (Å²) in [7, 11) is 1.44. The lowest BCUT2D eigenvalue weighted by atomic mass is 9.69. The zero-order valence-electron chi connectivity index (χ0n) is 13.7. The summed E-state index contributed by atoms with van der Waals surface area (Å²) in [5, 5.41) is 2.57. The summed E-state index contributed by atoms with van der Waals surface area (Å²) in [4.78, 5) is 11.8. The molecule has 0 radical (unpaired) electrons. The van der Waals surface area contributed by atoms with Crippen LogP contribution in [0.3, 0.4) is 0 Å². The van der Waals surface area contributed by atoms with Gasteiger partial charge in [-0.05, 0) is 39.0 Å². The number of rotatable bonds is 3. The lowest BCUT2D eigenvalue weighted by Gasteiger charge is -2.45. The fourth-order valence-electron chi connectivity index (χ4n) is 2.66. The van der Waals surface area contributed by atoms with Crippen molar-refractivity contribution in [2.75, 3.05) is 12.4 Å². The molecule has 1 aromatic carbocycles. The Morgan fingerprint density at radius 2 is 1.91 bits per heavy atom. The highest BCUT2D eigenvalue weighted by atomic mass is 19.3. The quantitative estimate of drug-likeness (QED) is 0.889. The second-order valence-corrected chi connectivity index (χ2v) is 6.91. The Bertz CT molecular complexity index is 604. The number of alkyl halides is 2. The van der Waals surface area contributed by atoms with E-state index in [1.165, 1.54) is 7.11 Å². The molecule has 0 unspecified atom stereocenters. The molecule has 1 aliphatic carbocycles. The molecule has 7 heteroatoms. The van der Waals surface area contributed by atoms with Gasteiger partial charge in [-0.3, -0.25) is 5.32 Å². The standard InChI is InChI=1S/C16H22F2N2O3/c1-14(2,3)23-13(21)20-10-5-6-12(22-4)11(7-10)15(19)8-16(17,18)9-15/h5-7H,8-9,19H2,1-4H3,(H,20,21). The first kappa shape index (κ1) is 17.5. The van der Waals surface area contributed by atoms with Crippen molar-refractivity contribution in [3.05, 3.63) is 23.8 Å². The van der Waals surface area contributed by atoms with E-state index in [9.17, 15) is 13.6 Å². The number of hydrogen-bond donors (Lipinski definition) is 2. The molecular weight excluding hydrogens is 306 g/mol. The highest BCUT2D eigenvalue weighted by Gasteiger charge is 2.56. The van der Waals surface area contributed by atoms with Crippen molar-refractivity contribution >= 4 is 11.8 Å². The molecule has 0 saturated heterocycles. The average Bonchev–Trinajstić information content (AvgIpc) is 2.33. The summed E-state index contributed by atoms with van der Waals surface area (Å²) in [6.07, 6.45) is -1.53. The van der Waals surface area contributed by atoms with Gasteiger partial charge in [-0.15, -0.1) is 0 Å². The van der Waals surface area contributed by atoms with Crippen LogP contribution in [0.2, 0.25) is 0 Å². The van der Waals surface area contributed by atoms with Gasteiger partial charge >= 0.3 is 6.09 Å². The van der Waals surface area contributed by atoms with Gasteiger partial charge in [0.2, 0.25) is 0 Å². The van der Waals surface area contributed by atoms with E-state index in [0.717, 1.165) is 0 Å². The largest absolute Gasteiger partial charge is 0.496 e. The van der Waals surface area contributed by atoms with Crippen LogP contribution >= 0.6 is 0 Å². The Labute approximate surface area is 134 Å². The van der Waals surface area contributed by atoms with E-state index in [1.54, 1.807) is 39.0 Å². The molecule has 0 bridgehead atoms. The molecule has 1 aromatic rings. The molecule has 1 aliphatic rings. The maximum Gasteiger partial charge on any atom is 0.412 e. The lowest BCUT2D eigenvalue weighted by molar-refractivity contribution is -0.125. The van der Waals surface area contributed by atoms with Crippen molar-refractivity contribution in [1.82, 2.24) is 0 Å². The number of ether oxygens (including phenoxy) is 2. The molecule has 1 saturated carbocycles. The second-order valence-electron chi connectivity index (χ2n) is 6.91. The van der Waals surface area contributed by atoms with E-state index >= 15 is 0 Å². The van der Waals surface area contributed by atoms with Crippen LogP contribution in [0.5, 0.6) is 5.75 Å². The van der Waals surface area contributed by atoms with E-state index in [0.29, 0.717) is 17.0 Å². The van der Waals surface area contributed by atoms with Crippen LogP contribution < -0.4 is 15.8 Å². The topological polar surface area (TPSA) is 73.6 Å². The van der Waals surface area contributed by atoms with Crippen molar-refractivity contribution in [2.24, 2.45) is 5.73 Å². The van der Waals surface area contributed by atoms with Gasteiger partial charge in [0.25, 0.3) is 5.92 Å². The number of carbonyl (C=O) groups excluding carboxylic acids is 1. The summed E-state index contributed by atoms with van der Waals surface area (Å²) in [6.45, 7) is 5.24. The van der Waals surface area contributed by atoms with Crippen LogP contribution in [0.4, 0.5) is 19.3 Å². The summed E-state index contributed by atoms with van der Waals surface area (Å²) >= 11 is 0. The molecular formula is C16H22F2N2O3. The molecule has 3 N–H and O–H groups in total. The average molecular weight is 328 g/mol. The van der Waals surface area contributed by atoms with E-state index in [-0.39, 0.29) is 0 Å². The van der Waals surface area contributed by atoms with Gasteiger partial charge < -0.3 is 15.2 Å². The van der Waals surface area contributed by atoms with Gasteiger partial charge in [0.15, 0.2) is 0 Å². The molecule has 2 rings (SSSR count). The van der Waals surface area contributed by atoms with Crippen LogP contribution in [0.15, 0.2) is 18.2 Å². The molecule has 0 aromatic heterocycles. The number of carbonyl (C=O) groups is 1. The molecule has 0 atom stereocenters. The maximum absolute atomic E-state index is 13.2. The minimum absolute atomic E-state index is 0.412. The number of amides is 1. The number of nitrogens with one attached hydrogen (secondary N) is 1. The molecule has 5 nitrogen and oxygen atoms in total. The first-order valence-corrected chi connectivity index (χ1v) is 7.29. The minimum Gasteiger partial charge on any atom is -0.496 e. The van der Waals surface area contributed by atoms with Gasteiger partial charge in [0.1, 0.15) is 11.4 Å². The molecule has 1 fully saturated rings. The van der Waals surface area contributed by atoms with E-state index in [4.69, 9.17) is 15.2 Å². The first-order valence-electron chi connectivity index (χ1n) is 7.29. The predicted molar refractivity (Wildman–Crippen MR) is 82.9 cm³/mol. The third kappa shape index (κ3) is 4.10. The SMILES string of the molecule is COc1ccc(NC(=O)OC(C)(C)C)cc1C1(N)CC(F)(F)C1. The zero-order chi connectivity index (χ0) is 17.5. The number of benzene rings is 1. The van der Waals surface area contributed by atoms with E-state index < -0.39 is 36.0 Å². The summed E-state index contributed by atoms with van der Waals surface area (Å²) in [5.41, 5.74) is 5.13. The van der Waals surface area contributed by atoms with Gasteiger partial charge in [-0.25, -0.2) is 13.6 Å². The van der Waals surface area contributed by atoms with E-state index in [1.807, 2.05) is 0 Å². The number of nitrogens with two attached hydrogens (primary N) is 1. The molecule has 0 spiro atoms. The Morgan fingerprint density at radius 1 is 1.30 bits per heavy atom. The van der Waals surface area contributed by atoms with Crippen LogP contribution in [-0.4, -0.2) is 24.7 Å².